The zero-order chi connectivity index (χ0) is 17.8. The zero-order valence-electron chi connectivity index (χ0n) is 14.5. The Morgan fingerprint density at radius 2 is 2.08 bits per heavy atom. The molecule has 1 fully saturated rings. The summed E-state index contributed by atoms with van der Waals surface area (Å²) in [4.78, 5) is 34.9. The molecule has 3 rings (SSSR count). The van der Waals surface area contributed by atoms with E-state index in [1.807, 2.05) is 44.2 Å². The lowest BCUT2D eigenvalue weighted by Crippen LogP contribution is -2.33. The molecule has 6 heteroatoms. The fourth-order valence-electron chi connectivity index (χ4n) is 3.12. The smallest absolute Gasteiger partial charge is 0.225 e. The number of amides is 2. The number of aromatic nitrogens is 2. The summed E-state index contributed by atoms with van der Waals surface area (Å²) in [6.45, 7) is 4.60. The largest absolute Gasteiger partial charge is 0.350 e. The summed E-state index contributed by atoms with van der Waals surface area (Å²) < 4.78 is 0. The summed E-state index contributed by atoms with van der Waals surface area (Å²) in [5.41, 5.74) is 1.84. The molecule has 0 spiro atoms. The van der Waals surface area contributed by atoms with Gasteiger partial charge in [0.2, 0.25) is 11.8 Å². The number of nitrogens with one attached hydrogen (secondary N) is 1. The van der Waals surface area contributed by atoms with Crippen LogP contribution in [0.4, 0.5) is 0 Å². The van der Waals surface area contributed by atoms with E-state index in [4.69, 9.17) is 0 Å². The molecule has 1 N–H and O–H groups in total. The zero-order valence-corrected chi connectivity index (χ0v) is 14.5. The van der Waals surface area contributed by atoms with Gasteiger partial charge in [-0.25, -0.2) is 9.97 Å². The first-order chi connectivity index (χ1) is 12.0. The molecular weight excluding hydrogens is 316 g/mol. The minimum Gasteiger partial charge on any atom is -0.350 e. The van der Waals surface area contributed by atoms with Crippen LogP contribution in [-0.4, -0.2) is 33.2 Å². The minimum absolute atomic E-state index is 0.0226. The fourth-order valence-corrected chi connectivity index (χ4v) is 3.12. The molecule has 1 aliphatic rings. The van der Waals surface area contributed by atoms with E-state index >= 15 is 0 Å². The SMILES string of the molecule is Cc1nccc(CNC(=O)C2CC(=O)N(C(C)c3ccccc3)C2)n1. The van der Waals surface area contributed by atoms with Crippen molar-refractivity contribution in [3.63, 3.8) is 0 Å². The molecule has 0 saturated carbocycles. The molecule has 0 aliphatic carbocycles. The first-order valence-corrected chi connectivity index (χ1v) is 8.45. The third kappa shape index (κ3) is 4.02. The van der Waals surface area contributed by atoms with Gasteiger partial charge in [-0.1, -0.05) is 30.3 Å². The number of carbonyl (C=O) groups excluding carboxylic acids is 2. The molecule has 0 bridgehead atoms. The van der Waals surface area contributed by atoms with E-state index < -0.39 is 0 Å². The van der Waals surface area contributed by atoms with Gasteiger partial charge in [-0.3, -0.25) is 9.59 Å². The summed E-state index contributed by atoms with van der Waals surface area (Å²) in [7, 11) is 0. The number of nitrogens with zero attached hydrogens (tertiary/aromatic N) is 3. The molecule has 2 unspecified atom stereocenters. The van der Waals surface area contributed by atoms with Crippen molar-refractivity contribution in [2.24, 2.45) is 5.92 Å². The monoisotopic (exact) mass is 338 g/mol. The van der Waals surface area contributed by atoms with Gasteiger partial charge in [-0.2, -0.15) is 0 Å². The summed E-state index contributed by atoms with van der Waals surface area (Å²) in [5, 5.41) is 2.88. The number of likely N-dealkylation sites (tertiary alicyclic amines) is 1. The topological polar surface area (TPSA) is 75.2 Å². The third-order valence-corrected chi connectivity index (χ3v) is 4.56. The summed E-state index contributed by atoms with van der Waals surface area (Å²) in [6.07, 6.45) is 1.93. The first-order valence-electron chi connectivity index (χ1n) is 8.45. The lowest BCUT2D eigenvalue weighted by Gasteiger charge is -2.25. The van der Waals surface area contributed by atoms with Crippen LogP contribution < -0.4 is 5.32 Å². The number of hydrogen-bond acceptors (Lipinski definition) is 4. The Hall–Kier alpha value is -2.76. The van der Waals surface area contributed by atoms with Gasteiger partial charge in [0.05, 0.1) is 24.2 Å². The molecule has 2 aromatic rings. The van der Waals surface area contributed by atoms with Gasteiger partial charge < -0.3 is 10.2 Å². The van der Waals surface area contributed by atoms with Gasteiger partial charge in [-0.15, -0.1) is 0 Å². The highest BCUT2D eigenvalue weighted by atomic mass is 16.2. The summed E-state index contributed by atoms with van der Waals surface area (Å²) in [6, 6.07) is 11.6. The van der Waals surface area contributed by atoms with E-state index in [9.17, 15) is 9.59 Å². The van der Waals surface area contributed by atoms with E-state index in [0.29, 0.717) is 18.9 Å². The fraction of sp³-hybridized carbons (Fsp3) is 0.368. The number of aryl methyl sites for hydroxylation is 1. The average molecular weight is 338 g/mol. The Kier molecular flexibility index (Phi) is 5.07. The second-order valence-corrected chi connectivity index (χ2v) is 6.35. The lowest BCUT2D eigenvalue weighted by molar-refractivity contribution is -0.130. The van der Waals surface area contributed by atoms with E-state index in [-0.39, 0.29) is 30.2 Å². The maximum absolute atomic E-state index is 12.4. The quantitative estimate of drug-likeness (QED) is 0.905. The molecule has 25 heavy (non-hydrogen) atoms. The van der Waals surface area contributed by atoms with Crippen LogP contribution in [0.5, 0.6) is 0 Å². The second-order valence-electron chi connectivity index (χ2n) is 6.35. The molecule has 6 nitrogen and oxygen atoms in total. The molecule has 2 amide bonds. The van der Waals surface area contributed by atoms with Crippen molar-refractivity contribution in [3.8, 4) is 0 Å². The Morgan fingerprint density at radius 3 is 2.80 bits per heavy atom. The Bertz CT molecular complexity index is 763. The van der Waals surface area contributed by atoms with Crippen LogP contribution in [0, 0.1) is 12.8 Å². The van der Waals surface area contributed by atoms with Crippen molar-refractivity contribution in [2.45, 2.75) is 32.9 Å². The van der Waals surface area contributed by atoms with Crippen LogP contribution in [-0.2, 0) is 16.1 Å². The van der Waals surface area contributed by atoms with Crippen LogP contribution >= 0.6 is 0 Å². The molecular formula is C19H22N4O2. The van der Waals surface area contributed by atoms with E-state index in [1.165, 1.54) is 0 Å². The Morgan fingerprint density at radius 1 is 1.32 bits per heavy atom. The standard InChI is InChI=1S/C19H22N4O2/c1-13(15-6-4-3-5-7-15)23-12-16(10-18(23)24)19(25)21-11-17-8-9-20-14(2)22-17/h3-9,13,16H,10-12H2,1-2H3,(H,21,25). The Labute approximate surface area is 147 Å². The molecule has 1 saturated heterocycles. The second kappa shape index (κ2) is 7.42. The average Bonchev–Trinajstić information content (AvgIpc) is 3.02. The number of carbonyl (C=O) groups is 2. The van der Waals surface area contributed by atoms with Gasteiger partial charge in [0.15, 0.2) is 0 Å². The molecule has 2 atom stereocenters. The first kappa shape index (κ1) is 17.1. The predicted octanol–water partition coefficient (Wildman–Crippen LogP) is 2.01. The summed E-state index contributed by atoms with van der Waals surface area (Å²) >= 11 is 0. The van der Waals surface area contributed by atoms with Crippen molar-refractivity contribution in [3.05, 3.63) is 59.7 Å². The van der Waals surface area contributed by atoms with Crippen LogP contribution in [0.2, 0.25) is 0 Å². The molecule has 1 aromatic heterocycles. The van der Waals surface area contributed by atoms with Crippen molar-refractivity contribution in [2.75, 3.05) is 6.54 Å². The molecule has 0 radical (unpaired) electrons. The number of benzene rings is 1. The van der Waals surface area contributed by atoms with Gasteiger partial charge in [0, 0.05) is 19.2 Å². The molecule has 2 heterocycles. The van der Waals surface area contributed by atoms with Gasteiger partial charge >= 0.3 is 0 Å². The van der Waals surface area contributed by atoms with Gasteiger partial charge in [0.25, 0.3) is 0 Å². The van der Waals surface area contributed by atoms with Crippen molar-refractivity contribution in [1.82, 2.24) is 20.2 Å². The van der Waals surface area contributed by atoms with Crippen molar-refractivity contribution >= 4 is 11.8 Å². The minimum atomic E-state index is -0.318. The normalized spacial score (nSPS) is 18.2. The van der Waals surface area contributed by atoms with Crippen LogP contribution in [0.1, 0.15) is 36.5 Å². The van der Waals surface area contributed by atoms with Crippen LogP contribution in [0.25, 0.3) is 0 Å². The van der Waals surface area contributed by atoms with Gasteiger partial charge in [0.1, 0.15) is 5.82 Å². The van der Waals surface area contributed by atoms with Crippen molar-refractivity contribution in [1.29, 1.82) is 0 Å². The lowest BCUT2D eigenvalue weighted by atomic mass is 10.1. The van der Waals surface area contributed by atoms with E-state index in [2.05, 4.69) is 15.3 Å². The van der Waals surface area contributed by atoms with E-state index in [1.54, 1.807) is 17.2 Å². The number of rotatable bonds is 5. The highest BCUT2D eigenvalue weighted by Gasteiger charge is 2.36. The van der Waals surface area contributed by atoms with Crippen LogP contribution in [0.15, 0.2) is 42.6 Å². The maximum Gasteiger partial charge on any atom is 0.225 e. The van der Waals surface area contributed by atoms with E-state index in [0.717, 1.165) is 11.3 Å². The molecule has 130 valence electrons. The predicted molar refractivity (Wildman–Crippen MR) is 93.3 cm³/mol. The summed E-state index contributed by atoms with van der Waals surface area (Å²) in [5.74, 6) is 0.272. The van der Waals surface area contributed by atoms with Gasteiger partial charge in [-0.05, 0) is 25.5 Å². The number of hydrogen-bond donors (Lipinski definition) is 1. The molecule has 1 aromatic carbocycles. The molecule has 1 aliphatic heterocycles. The highest BCUT2D eigenvalue weighted by Crippen LogP contribution is 2.28. The van der Waals surface area contributed by atoms with Crippen LogP contribution in [0.3, 0.4) is 0 Å². The highest BCUT2D eigenvalue weighted by molar-refractivity contribution is 5.89. The van der Waals surface area contributed by atoms with Crippen molar-refractivity contribution < 1.29 is 9.59 Å². The maximum atomic E-state index is 12.4. The Balaban J connectivity index is 1.59. The third-order valence-electron chi connectivity index (χ3n) is 4.56.